The topological polar surface area (TPSA) is 12.5 Å². The molecule has 0 aromatic carbocycles. The predicted molar refractivity (Wildman–Crippen MR) is 53.7 cm³/mol. The first-order chi connectivity index (χ1) is 6.45. The molecule has 0 radical (unpaired) electrons. The maximum absolute atomic E-state index is 5.33. The molecule has 0 bridgehead atoms. The van der Waals surface area contributed by atoms with Gasteiger partial charge in [0.05, 0.1) is 13.2 Å². The third kappa shape index (κ3) is 2.82. The van der Waals surface area contributed by atoms with Crippen LogP contribution in [0.4, 0.5) is 0 Å². The van der Waals surface area contributed by atoms with Gasteiger partial charge in [-0.25, -0.2) is 0 Å². The summed E-state index contributed by atoms with van der Waals surface area (Å²) in [5.74, 6) is 0.906. The molecule has 0 spiro atoms. The molecule has 1 aliphatic heterocycles. The summed E-state index contributed by atoms with van der Waals surface area (Å²) in [6.07, 6.45) is 8.62. The van der Waals surface area contributed by atoms with Crippen molar-refractivity contribution < 1.29 is 4.74 Å². The van der Waals surface area contributed by atoms with E-state index >= 15 is 0 Å². The Bertz CT molecular complexity index is 173. The summed E-state index contributed by atoms with van der Waals surface area (Å²) in [5.41, 5.74) is 0. The molecular formula is C11H19NO. The summed E-state index contributed by atoms with van der Waals surface area (Å²) in [6.45, 7) is 5.43. The maximum Gasteiger partial charge on any atom is 0.0594 e. The van der Waals surface area contributed by atoms with Gasteiger partial charge in [0, 0.05) is 19.6 Å². The number of hydrogen-bond donors (Lipinski definition) is 0. The number of ether oxygens (including phenoxy) is 1. The molecule has 2 nitrogen and oxygen atoms in total. The Morgan fingerprint density at radius 2 is 2.08 bits per heavy atom. The van der Waals surface area contributed by atoms with E-state index in [-0.39, 0.29) is 0 Å². The molecule has 2 aliphatic rings. The zero-order chi connectivity index (χ0) is 8.93. The van der Waals surface area contributed by atoms with Crippen molar-refractivity contribution in [3.8, 4) is 0 Å². The van der Waals surface area contributed by atoms with E-state index in [0.717, 1.165) is 32.2 Å². The first-order valence-electron chi connectivity index (χ1n) is 5.40. The van der Waals surface area contributed by atoms with Gasteiger partial charge in [0.2, 0.25) is 0 Å². The smallest absolute Gasteiger partial charge is 0.0594 e. The minimum Gasteiger partial charge on any atom is -0.379 e. The van der Waals surface area contributed by atoms with Crippen LogP contribution in [-0.4, -0.2) is 37.7 Å². The standard InChI is InChI=1S/C11H19NO/c1-2-4-11(5-3-1)10-12-6-8-13-9-7-12/h1-2,11H,3-10H2/t11-/m1/s1. The molecule has 1 atom stereocenters. The highest BCUT2D eigenvalue weighted by atomic mass is 16.5. The van der Waals surface area contributed by atoms with Crippen molar-refractivity contribution in [3.63, 3.8) is 0 Å². The van der Waals surface area contributed by atoms with Crippen molar-refractivity contribution in [1.29, 1.82) is 0 Å². The number of rotatable bonds is 2. The number of morpholine rings is 1. The SMILES string of the molecule is C1=CC[C@@H](CN2CCOCC2)CC1. The first-order valence-corrected chi connectivity index (χ1v) is 5.40. The maximum atomic E-state index is 5.33. The molecule has 0 aromatic heterocycles. The fourth-order valence-electron chi connectivity index (χ4n) is 2.17. The van der Waals surface area contributed by atoms with Crippen LogP contribution in [0.3, 0.4) is 0 Å². The highest BCUT2D eigenvalue weighted by molar-refractivity contribution is 4.90. The molecule has 1 saturated heterocycles. The van der Waals surface area contributed by atoms with Gasteiger partial charge >= 0.3 is 0 Å². The first kappa shape index (κ1) is 9.22. The second-order valence-electron chi connectivity index (χ2n) is 4.06. The lowest BCUT2D eigenvalue weighted by atomic mass is 9.94. The molecule has 0 unspecified atom stereocenters. The summed E-state index contributed by atoms with van der Waals surface area (Å²) in [5, 5.41) is 0. The number of allylic oxidation sites excluding steroid dienone is 2. The molecule has 0 aromatic rings. The molecule has 1 fully saturated rings. The van der Waals surface area contributed by atoms with E-state index in [9.17, 15) is 0 Å². The number of hydrogen-bond acceptors (Lipinski definition) is 2. The Balaban J connectivity index is 1.72. The fourth-order valence-corrected chi connectivity index (χ4v) is 2.17. The van der Waals surface area contributed by atoms with Gasteiger partial charge in [0.1, 0.15) is 0 Å². The minimum atomic E-state index is 0.906. The van der Waals surface area contributed by atoms with Crippen LogP contribution in [0.2, 0.25) is 0 Å². The van der Waals surface area contributed by atoms with E-state index in [4.69, 9.17) is 4.74 Å². The van der Waals surface area contributed by atoms with E-state index in [1.54, 1.807) is 0 Å². The molecule has 13 heavy (non-hydrogen) atoms. The van der Waals surface area contributed by atoms with Gasteiger partial charge in [-0.2, -0.15) is 0 Å². The van der Waals surface area contributed by atoms with Crippen LogP contribution in [0, 0.1) is 5.92 Å². The predicted octanol–water partition coefficient (Wildman–Crippen LogP) is 1.67. The third-order valence-electron chi connectivity index (χ3n) is 3.00. The quantitative estimate of drug-likeness (QED) is 0.601. The summed E-state index contributed by atoms with van der Waals surface area (Å²) in [6, 6.07) is 0. The van der Waals surface area contributed by atoms with Crippen molar-refractivity contribution in [2.75, 3.05) is 32.8 Å². The van der Waals surface area contributed by atoms with E-state index in [1.165, 1.54) is 25.8 Å². The van der Waals surface area contributed by atoms with Crippen molar-refractivity contribution in [1.82, 2.24) is 4.90 Å². The van der Waals surface area contributed by atoms with Crippen molar-refractivity contribution in [2.24, 2.45) is 5.92 Å². The Morgan fingerprint density at radius 1 is 1.23 bits per heavy atom. The lowest BCUT2D eigenvalue weighted by Gasteiger charge is -2.30. The van der Waals surface area contributed by atoms with Crippen LogP contribution in [-0.2, 0) is 4.74 Å². The second-order valence-corrected chi connectivity index (χ2v) is 4.06. The van der Waals surface area contributed by atoms with Crippen molar-refractivity contribution in [2.45, 2.75) is 19.3 Å². The molecular weight excluding hydrogens is 162 g/mol. The third-order valence-corrected chi connectivity index (χ3v) is 3.00. The number of nitrogens with zero attached hydrogens (tertiary/aromatic N) is 1. The summed E-state index contributed by atoms with van der Waals surface area (Å²) < 4.78 is 5.33. The Hall–Kier alpha value is -0.340. The zero-order valence-corrected chi connectivity index (χ0v) is 8.24. The van der Waals surface area contributed by atoms with Crippen LogP contribution in [0.25, 0.3) is 0 Å². The molecule has 2 heteroatoms. The summed E-state index contributed by atoms with van der Waals surface area (Å²) in [4.78, 5) is 2.55. The average Bonchev–Trinajstić information content (AvgIpc) is 2.21. The largest absolute Gasteiger partial charge is 0.379 e. The monoisotopic (exact) mass is 181 g/mol. The molecule has 2 rings (SSSR count). The Kier molecular flexibility index (Phi) is 3.39. The lowest BCUT2D eigenvalue weighted by molar-refractivity contribution is 0.0300. The fraction of sp³-hybridized carbons (Fsp3) is 0.818. The summed E-state index contributed by atoms with van der Waals surface area (Å²) >= 11 is 0. The zero-order valence-electron chi connectivity index (χ0n) is 8.24. The van der Waals surface area contributed by atoms with Crippen LogP contribution >= 0.6 is 0 Å². The van der Waals surface area contributed by atoms with Gasteiger partial charge in [-0.1, -0.05) is 12.2 Å². The average molecular weight is 181 g/mol. The molecule has 1 heterocycles. The Labute approximate surface area is 80.6 Å². The van der Waals surface area contributed by atoms with Crippen LogP contribution < -0.4 is 0 Å². The van der Waals surface area contributed by atoms with E-state index in [2.05, 4.69) is 17.1 Å². The van der Waals surface area contributed by atoms with Crippen LogP contribution in [0.1, 0.15) is 19.3 Å². The normalized spacial score (nSPS) is 30.6. The van der Waals surface area contributed by atoms with E-state index in [1.807, 2.05) is 0 Å². The minimum absolute atomic E-state index is 0.906. The second kappa shape index (κ2) is 4.77. The van der Waals surface area contributed by atoms with Crippen LogP contribution in [0.15, 0.2) is 12.2 Å². The summed E-state index contributed by atoms with van der Waals surface area (Å²) in [7, 11) is 0. The van der Waals surface area contributed by atoms with E-state index < -0.39 is 0 Å². The van der Waals surface area contributed by atoms with Gasteiger partial charge in [0.25, 0.3) is 0 Å². The molecule has 0 N–H and O–H groups in total. The van der Waals surface area contributed by atoms with E-state index in [0.29, 0.717) is 0 Å². The lowest BCUT2D eigenvalue weighted by Crippen LogP contribution is -2.39. The molecule has 0 saturated carbocycles. The van der Waals surface area contributed by atoms with Gasteiger partial charge in [0.15, 0.2) is 0 Å². The Morgan fingerprint density at radius 3 is 2.77 bits per heavy atom. The molecule has 0 amide bonds. The van der Waals surface area contributed by atoms with Gasteiger partial charge in [-0.05, 0) is 25.2 Å². The van der Waals surface area contributed by atoms with Gasteiger partial charge in [-0.3, -0.25) is 4.90 Å². The van der Waals surface area contributed by atoms with Crippen molar-refractivity contribution >= 4 is 0 Å². The van der Waals surface area contributed by atoms with Gasteiger partial charge < -0.3 is 4.74 Å². The van der Waals surface area contributed by atoms with Gasteiger partial charge in [-0.15, -0.1) is 0 Å². The highest BCUT2D eigenvalue weighted by Gasteiger charge is 2.16. The molecule has 74 valence electrons. The molecule has 1 aliphatic carbocycles. The van der Waals surface area contributed by atoms with Crippen LogP contribution in [0.5, 0.6) is 0 Å². The highest BCUT2D eigenvalue weighted by Crippen LogP contribution is 2.19. The van der Waals surface area contributed by atoms with Crippen molar-refractivity contribution in [3.05, 3.63) is 12.2 Å².